The highest BCUT2D eigenvalue weighted by molar-refractivity contribution is 5.17. The van der Waals surface area contributed by atoms with E-state index in [1.54, 1.807) is 0 Å². The zero-order valence-corrected chi connectivity index (χ0v) is 10.3. The molecule has 0 rings (SSSR count). The fraction of sp³-hybridized carbons (Fsp3) is 0.312. The highest BCUT2D eigenvalue weighted by Crippen LogP contribution is 1.99. The molecule has 0 nitrogen and oxygen atoms in total. The summed E-state index contributed by atoms with van der Waals surface area (Å²) in [5.74, 6) is 0. The van der Waals surface area contributed by atoms with E-state index in [1.807, 2.05) is 49.5 Å². The summed E-state index contributed by atoms with van der Waals surface area (Å²) in [5, 5.41) is 0. The smallest absolute Gasteiger partial charge is 0.0348 e. The highest BCUT2D eigenvalue weighted by atomic mass is 13.9. The van der Waals surface area contributed by atoms with Crippen LogP contribution >= 0.6 is 0 Å². The van der Waals surface area contributed by atoms with Gasteiger partial charge in [0.1, 0.15) is 0 Å². The molecule has 0 fully saturated rings. The molecular weight excluding hydrogens is 192 g/mol. The van der Waals surface area contributed by atoms with Crippen LogP contribution in [0.2, 0.25) is 0 Å². The van der Waals surface area contributed by atoms with Crippen LogP contribution in [0.5, 0.6) is 0 Å². The largest absolute Gasteiger partial charge is 0.0877 e. The van der Waals surface area contributed by atoms with E-state index in [2.05, 4.69) is 25.2 Å². The van der Waals surface area contributed by atoms with Gasteiger partial charge in [-0.25, -0.2) is 0 Å². The van der Waals surface area contributed by atoms with Crippen molar-refractivity contribution in [2.75, 3.05) is 0 Å². The van der Waals surface area contributed by atoms with E-state index in [1.165, 1.54) is 12.8 Å². The molecule has 0 amide bonds. The number of rotatable bonds is 8. The van der Waals surface area contributed by atoms with Crippen molar-refractivity contribution in [3.63, 3.8) is 0 Å². The van der Waals surface area contributed by atoms with Crippen LogP contribution in [0.1, 0.15) is 32.6 Å². The molecule has 0 aliphatic rings. The van der Waals surface area contributed by atoms with Crippen LogP contribution in [0.25, 0.3) is 0 Å². The summed E-state index contributed by atoms with van der Waals surface area (Å²) >= 11 is 0. The number of allylic oxidation sites excluding steroid dienone is 10. The van der Waals surface area contributed by atoms with E-state index in [0.717, 1.165) is 12.8 Å². The van der Waals surface area contributed by atoms with Gasteiger partial charge in [0, 0.05) is 0 Å². The Morgan fingerprint density at radius 1 is 0.750 bits per heavy atom. The molecule has 0 N–H and O–H groups in total. The summed E-state index contributed by atoms with van der Waals surface area (Å²) in [6.07, 6.45) is 25.2. The fourth-order valence-electron chi connectivity index (χ4n) is 1.11. The van der Waals surface area contributed by atoms with Crippen molar-refractivity contribution in [3.05, 3.63) is 67.7 Å². The van der Waals surface area contributed by atoms with Crippen LogP contribution < -0.4 is 0 Å². The molecular formula is C16H23. The molecule has 87 valence electrons. The van der Waals surface area contributed by atoms with Gasteiger partial charge in [-0.3, -0.25) is 0 Å². The Kier molecular flexibility index (Phi) is 12.6. The SMILES string of the molecule is [CH2]CCCC/C=C/C=C/C=C/C=C/C=C/C. The number of hydrogen-bond acceptors (Lipinski definition) is 0. The van der Waals surface area contributed by atoms with Gasteiger partial charge in [0.25, 0.3) is 0 Å². The van der Waals surface area contributed by atoms with Crippen LogP contribution in [0.4, 0.5) is 0 Å². The van der Waals surface area contributed by atoms with Crippen molar-refractivity contribution >= 4 is 0 Å². The normalized spacial score (nSPS) is 13.4. The van der Waals surface area contributed by atoms with E-state index in [4.69, 9.17) is 0 Å². The Hall–Kier alpha value is -1.30. The summed E-state index contributed by atoms with van der Waals surface area (Å²) in [6.45, 7) is 5.82. The van der Waals surface area contributed by atoms with Gasteiger partial charge in [0.2, 0.25) is 0 Å². The van der Waals surface area contributed by atoms with E-state index in [-0.39, 0.29) is 0 Å². The average molecular weight is 215 g/mol. The molecule has 0 aliphatic carbocycles. The minimum Gasteiger partial charge on any atom is -0.0877 e. The lowest BCUT2D eigenvalue weighted by Crippen LogP contribution is -1.69. The Morgan fingerprint density at radius 2 is 1.31 bits per heavy atom. The molecule has 0 atom stereocenters. The predicted octanol–water partition coefficient (Wildman–Crippen LogP) is 5.18. The molecule has 0 heteroatoms. The van der Waals surface area contributed by atoms with E-state index >= 15 is 0 Å². The van der Waals surface area contributed by atoms with E-state index in [0.29, 0.717) is 0 Å². The van der Waals surface area contributed by atoms with Gasteiger partial charge in [-0.1, -0.05) is 80.5 Å². The molecule has 0 aromatic heterocycles. The molecule has 0 aliphatic heterocycles. The minimum atomic E-state index is 1.05. The van der Waals surface area contributed by atoms with Gasteiger partial charge in [-0.15, -0.1) is 0 Å². The first-order valence-electron chi connectivity index (χ1n) is 5.99. The Morgan fingerprint density at radius 3 is 1.88 bits per heavy atom. The number of unbranched alkanes of at least 4 members (excludes halogenated alkanes) is 3. The molecule has 0 saturated heterocycles. The zero-order valence-electron chi connectivity index (χ0n) is 10.3. The van der Waals surface area contributed by atoms with Crippen LogP contribution in [-0.4, -0.2) is 0 Å². The topological polar surface area (TPSA) is 0 Å². The van der Waals surface area contributed by atoms with E-state index in [9.17, 15) is 0 Å². The molecule has 0 spiro atoms. The summed E-state index contributed by atoms with van der Waals surface area (Å²) in [4.78, 5) is 0. The van der Waals surface area contributed by atoms with Crippen molar-refractivity contribution in [3.8, 4) is 0 Å². The molecule has 0 aromatic rings. The highest BCUT2D eigenvalue weighted by Gasteiger charge is 1.79. The standard InChI is InChI=1S/C16H23/c1-3-5-7-9-11-13-15-16-14-12-10-8-6-4-2/h4,6,8,10-16H,1,3,5,7,9H2,2H3/b6-4+,10-8+,13-11+,14-12+,16-15+. The van der Waals surface area contributed by atoms with Crippen molar-refractivity contribution in [2.45, 2.75) is 32.6 Å². The van der Waals surface area contributed by atoms with Crippen LogP contribution in [0.3, 0.4) is 0 Å². The molecule has 0 aromatic carbocycles. The van der Waals surface area contributed by atoms with Gasteiger partial charge in [0.05, 0.1) is 0 Å². The third kappa shape index (κ3) is 12.7. The monoisotopic (exact) mass is 215 g/mol. The first-order valence-corrected chi connectivity index (χ1v) is 5.99. The van der Waals surface area contributed by atoms with Crippen molar-refractivity contribution < 1.29 is 0 Å². The molecule has 16 heavy (non-hydrogen) atoms. The Balaban J connectivity index is 3.53. The lowest BCUT2D eigenvalue weighted by molar-refractivity contribution is 0.760. The van der Waals surface area contributed by atoms with Gasteiger partial charge < -0.3 is 0 Å². The third-order valence-corrected chi connectivity index (χ3v) is 1.98. The first kappa shape index (κ1) is 14.7. The molecule has 0 saturated carbocycles. The number of hydrogen-bond donors (Lipinski definition) is 0. The zero-order chi connectivity index (χ0) is 11.9. The second-order valence-electron chi connectivity index (χ2n) is 3.46. The summed E-state index contributed by atoms with van der Waals surface area (Å²) in [7, 11) is 0. The minimum absolute atomic E-state index is 1.05. The maximum Gasteiger partial charge on any atom is -0.0348 e. The maximum absolute atomic E-state index is 3.82. The van der Waals surface area contributed by atoms with Crippen LogP contribution in [0, 0.1) is 6.92 Å². The van der Waals surface area contributed by atoms with Crippen molar-refractivity contribution in [1.82, 2.24) is 0 Å². The van der Waals surface area contributed by atoms with Gasteiger partial charge in [-0.2, -0.15) is 0 Å². The summed E-state index contributed by atoms with van der Waals surface area (Å²) < 4.78 is 0. The molecule has 1 radical (unpaired) electrons. The first-order chi connectivity index (χ1) is 7.91. The lowest BCUT2D eigenvalue weighted by atomic mass is 10.2. The third-order valence-electron chi connectivity index (χ3n) is 1.98. The summed E-state index contributed by atoms with van der Waals surface area (Å²) in [6, 6.07) is 0. The van der Waals surface area contributed by atoms with Gasteiger partial charge in [-0.05, 0) is 19.8 Å². The van der Waals surface area contributed by atoms with Gasteiger partial charge >= 0.3 is 0 Å². The van der Waals surface area contributed by atoms with Crippen LogP contribution in [0.15, 0.2) is 60.8 Å². The van der Waals surface area contributed by atoms with Crippen molar-refractivity contribution in [1.29, 1.82) is 0 Å². The Labute approximate surface area is 101 Å². The molecule has 0 bridgehead atoms. The van der Waals surface area contributed by atoms with Crippen LogP contribution in [-0.2, 0) is 0 Å². The van der Waals surface area contributed by atoms with Gasteiger partial charge in [0.15, 0.2) is 0 Å². The second kappa shape index (κ2) is 13.7. The lowest BCUT2D eigenvalue weighted by Gasteiger charge is -1.89. The fourth-order valence-corrected chi connectivity index (χ4v) is 1.11. The van der Waals surface area contributed by atoms with E-state index < -0.39 is 0 Å². The van der Waals surface area contributed by atoms with Crippen molar-refractivity contribution in [2.24, 2.45) is 0 Å². The second-order valence-corrected chi connectivity index (χ2v) is 3.46. The predicted molar refractivity (Wildman–Crippen MR) is 75.2 cm³/mol. The summed E-state index contributed by atoms with van der Waals surface area (Å²) in [5.41, 5.74) is 0. The quantitative estimate of drug-likeness (QED) is 0.386. The Bertz CT molecular complexity index is 262. The average Bonchev–Trinajstić information content (AvgIpc) is 2.31. The molecule has 0 unspecified atom stereocenters. The molecule has 0 heterocycles. The maximum atomic E-state index is 3.82.